The number of aryl methyl sites for hydroxylation is 1. The molecule has 0 aliphatic carbocycles. The number of rotatable bonds is 6. The molecule has 0 aromatic heterocycles. The van der Waals surface area contributed by atoms with E-state index in [4.69, 9.17) is 11.5 Å². The van der Waals surface area contributed by atoms with Crippen LogP contribution in [0.5, 0.6) is 0 Å². The van der Waals surface area contributed by atoms with Gasteiger partial charge in [-0.25, -0.2) is 0 Å². The molecule has 0 bridgehead atoms. The van der Waals surface area contributed by atoms with Crippen molar-refractivity contribution in [3.8, 4) is 0 Å². The van der Waals surface area contributed by atoms with E-state index in [0.29, 0.717) is 6.54 Å². The molecule has 0 aliphatic rings. The van der Waals surface area contributed by atoms with Gasteiger partial charge in [-0.3, -0.25) is 0 Å². The molecule has 0 radical (unpaired) electrons. The minimum atomic E-state index is 0.0319. The molecule has 5 N–H and O–H groups in total. The third-order valence-electron chi connectivity index (χ3n) is 3.20. The van der Waals surface area contributed by atoms with Crippen LogP contribution < -0.4 is 16.8 Å². The second kappa shape index (κ2) is 6.66. The van der Waals surface area contributed by atoms with Gasteiger partial charge in [-0.15, -0.1) is 0 Å². The smallest absolute Gasteiger partial charge is 0.0290 e. The highest BCUT2D eigenvalue weighted by molar-refractivity contribution is 9.10. The molecular formula is C14H24BrN3. The van der Waals surface area contributed by atoms with Crippen LogP contribution in [-0.4, -0.2) is 25.7 Å². The molecule has 18 heavy (non-hydrogen) atoms. The molecule has 3 nitrogen and oxygen atoms in total. The Labute approximate surface area is 118 Å². The minimum Gasteiger partial charge on any atom is -0.329 e. The molecule has 4 heteroatoms. The molecule has 1 unspecified atom stereocenters. The summed E-state index contributed by atoms with van der Waals surface area (Å²) in [6.45, 7) is 8.79. The maximum absolute atomic E-state index is 5.80. The zero-order valence-electron chi connectivity index (χ0n) is 11.5. The van der Waals surface area contributed by atoms with Gasteiger partial charge < -0.3 is 16.8 Å². The van der Waals surface area contributed by atoms with E-state index < -0.39 is 0 Å². The lowest BCUT2D eigenvalue weighted by molar-refractivity contribution is 0.452. The first-order valence-corrected chi connectivity index (χ1v) is 7.09. The number of halogens is 1. The van der Waals surface area contributed by atoms with Crippen molar-refractivity contribution in [2.45, 2.75) is 32.2 Å². The zero-order valence-corrected chi connectivity index (χ0v) is 13.0. The van der Waals surface area contributed by atoms with Gasteiger partial charge in [0.05, 0.1) is 0 Å². The van der Waals surface area contributed by atoms with E-state index in [9.17, 15) is 0 Å². The van der Waals surface area contributed by atoms with E-state index in [1.165, 1.54) is 11.1 Å². The lowest BCUT2D eigenvalue weighted by Crippen LogP contribution is -2.43. The van der Waals surface area contributed by atoms with Crippen LogP contribution in [0.3, 0.4) is 0 Å². The normalized spacial score (nSPS) is 13.7. The van der Waals surface area contributed by atoms with Crippen LogP contribution in [0.25, 0.3) is 0 Å². The third-order valence-corrected chi connectivity index (χ3v) is 3.70. The Morgan fingerprint density at radius 3 is 2.67 bits per heavy atom. The maximum Gasteiger partial charge on any atom is 0.0290 e. The van der Waals surface area contributed by atoms with E-state index >= 15 is 0 Å². The molecule has 1 aromatic rings. The van der Waals surface area contributed by atoms with Gasteiger partial charge in [-0.2, -0.15) is 0 Å². The predicted molar refractivity (Wildman–Crippen MR) is 81.8 cm³/mol. The van der Waals surface area contributed by atoms with Gasteiger partial charge in [0, 0.05) is 35.6 Å². The standard InChI is InChI=1S/C14H24BrN3/c1-10-4-5-11(15)6-13(10)14(2,3)9-18-8-12(17)7-16/h4-6,12,18H,7-9,16-17H2,1-3H3. The largest absolute Gasteiger partial charge is 0.329 e. The number of benzene rings is 1. The second-order valence-electron chi connectivity index (χ2n) is 5.47. The molecule has 1 aromatic carbocycles. The van der Waals surface area contributed by atoms with Crippen LogP contribution in [-0.2, 0) is 5.41 Å². The highest BCUT2D eigenvalue weighted by Gasteiger charge is 2.22. The number of nitrogens with one attached hydrogen (secondary N) is 1. The Hall–Kier alpha value is -0.420. The molecule has 0 aliphatic heterocycles. The average Bonchev–Trinajstić information content (AvgIpc) is 2.31. The molecule has 0 fully saturated rings. The zero-order chi connectivity index (χ0) is 13.8. The van der Waals surface area contributed by atoms with Crippen molar-refractivity contribution < 1.29 is 0 Å². The Bertz CT molecular complexity index is 391. The van der Waals surface area contributed by atoms with Gasteiger partial charge in [0.1, 0.15) is 0 Å². The quantitative estimate of drug-likeness (QED) is 0.751. The highest BCUT2D eigenvalue weighted by atomic mass is 79.9. The summed E-state index contributed by atoms with van der Waals surface area (Å²) >= 11 is 3.53. The van der Waals surface area contributed by atoms with Crippen molar-refractivity contribution in [3.63, 3.8) is 0 Å². The van der Waals surface area contributed by atoms with Crippen LogP contribution >= 0.6 is 15.9 Å². The van der Waals surface area contributed by atoms with Gasteiger partial charge in [0.2, 0.25) is 0 Å². The lowest BCUT2D eigenvalue weighted by Gasteiger charge is -2.28. The van der Waals surface area contributed by atoms with Crippen molar-refractivity contribution in [1.29, 1.82) is 0 Å². The van der Waals surface area contributed by atoms with Gasteiger partial charge in [-0.1, -0.05) is 35.8 Å². The molecule has 102 valence electrons. The van der Waals surface area contributed by atoms with Crippen molar-refractivity contribution in [2.24, 2.45) is 11.5 Å². The first kappa shape index (κ1) is 15.6. The number of hydrogen-bond acceptors (Lipinski definition) is 3. The maximum atomic E-state index is 5.80. The summed E-state index contributed by atoms with van der Waals surface area (Å²) in [6.07, 6.45) is 0. The fraction of sp³-hybridized carbons (Fsp3) is 0.571. The Morgan fingerprint density at radius 1 is 1.39 bits per heavy atom. The molecule has 1 atom stereocenters. The van der Waals surface area contributed by atoms with Crippen LogP contribution in [0.1, 0.15) is 25.0 Å². The molecule has 0 saturated carbocycles. The summed E-state index contributed by atoms with van der Waals surface area (Å²) in [5.41, 5.74) is 14.0. The lowest BCUT2D eigenvalue weighted by atomic mass is 9.82. The van der Waals surface area contributed by atoms with E-state index in [2.05, 4.69) is 60.2 Å². The average molecular weight is 314 g/mol. The molecular weight excluding hydrogens is 290 g/mol. The summed E-state index contributed by atoms with van der Waals surface area (Å²) in [4.78, 5) is 0. The number of nitrogens with two attached hydrogens (primary N) is 2. The summed E-state index contributed by atoms with van der Waals surface area (Å²) in [6, 6.07) is 6.45. The van der Waals surface area contributed by atoms with Crippen molar-refractivity contribution in [1.82, 2.24) is 5.32 Å². The summed E-state index contributed by atoms with van der Waals surface area (Å²) < 4.78 is 1.12. The Balaban J connectivity index is 2.70. The minimum absolute atomic E-state index is 0.0319. The number of hydrogen-bond donors (Lipinski definition) is 3. The van der Waals surface area contributed by atoms with Crippen molar-refractivity contribution >= 4 is 15.9 Å². The summed E-state index contributed by atoms with van der Waals surface area (Å²) in [7, 11) is 0. The fourth-order valence-electron chi connectivity index (χ4n) is 2.07. The predicted octanol–water partition coefficient (Wildman–Crippen LogP) is 1.91. The Morgan fingerprint density at radius 2 is 2.06 bits per heavy atom. The monoisotopic (exact) mass is 313 g/mol. The van der Waals surface area contributed by atoms with E-state index in [1.54, 1.807) is 0 Å². The van der Waals surface area contributed by atoms with Gasteiger partial charge in [-0.05, 0) is 30.2 Å². The third kappa shape index (κ3) is 4.35. The van der Waals surface area contributed by atoms with E-state index in [0.717, 1.165) is 17.6 Å². The fourth-order valence-corrected chi connectivity index (χ4v) is 2.43. The molecule has 1 rings (SSSR count). The molecule has 0 saturated heterocycles. The first-order valence-electron chi connectivity index (χ1n) is 6.30. The second-order valence-corrected chi connectivity index (χ2v) is 6.39. The van der Waals surface area contributed by atoms with Crippen LogP contribution in [0.15, 0.2) is 22.7 Å². The van der Waals surface area contributed by atoms with Crippen molar-refractivity contribution in [3.05, 3.63) is 33.8 Å². The topological polar surface area (TPSA) is 64.1 Å². The first-order chi connectivity index (χ1) is 8.36. The van der Waals surface area contributed by atoms with Crippen LogP contribution in [0, 0.1) is 6.92 Å². The molecule has 0 heterocycles. The van der Waals surface area contributed by atoms with Crippen LogP contribution in [0.2, 0.25) is 0 Å². The van der Waals surface area contributed by atoms with E-state index in [1.807, 2.05) is 0 Å². The van der Waals surface area contributed by atoms with Gasteiger partial charge >= 0.3 is 0 Å². The Kier molecular flexibility index (Phi) is 5.79. The van der Waals surface area contributed by atoms with Crippen LogP contribution in [0.4, 0.5) is 0 Å². The summed E-state index contributed by atoms with van der Waals surface area (Å²) in [5, 5.41) is 3.40. The van der Waals surface area contributed by atoms with Crippen molar-refractivity contribution in [2.75, 3.05) is 19.6 Å². The highest BCUT2D eigenvalue weighted by Crippen LogP contribution is 2.28. The molecule has 0 amide bonds. The molecule has 0 spiro atoms. The van der Waals surface area contributed by atoms with Gasteiger partial charge in [0.15, 0.2) is 0 Å². The SMILES string of the molecule is Cc1ccc(Br)cc1C(C)(C)CNCC(N)CN. The van der Waals surface area contributed by atoms with E-state index in [-0.39, 0.29) is 11.5 Å². The summed E-state index contributed by atoms with van der Waals surface area (Å²) in [5.74, 6) is 0. The van der Waals surface area contributed by atoms with Gasteiger partial charge in [0.25, 0.3) is 0 Å².